The molecule has 4 bridgehead atoms. The van der Waals surface area contributed by atoms with E-state index in [1.165, 1.54) is 55.2 Å². The topological polar surface area (TPSA) is 20.3 Å². The number of likely N-dealkylation sites (tertiary alicyclic amines) is 1. The van der Waals surface area contributed by atoms with Crippen LogP contribution in [0.2, 0.25) is 0 Å². The van der Waals surface area contributed by atoms with E-state index in [9.17, 15) is 4.79 Å². The molecule has 0 aromatic heterocycles. The number of piperidine rings is 1. The van der Waals surface area contributed by atoms with Crippen LogP contribution in [0.1, 0.15) is 61.6 Å². The molecule has 1 heterocycles. The van der Waals surface area contributed by atoms with Crippen LogP contribution < -0.4 is 0 Å². The van der Waals surface area contributed by atoms with Crippen LogP contribution in [0.3, 0.4) is 0 Å². The summed E-state index contributed by atoms with van der Waals surface area (Å²) in [6.45, 7) is 5.42. The Bertz CT molecular complexity index is 660. The van der Waals surface area contributed by atoms with E-state index in [-0.39, 0.29) is 5.92 Å². The second-order valence-corrected chi connectivity index (χ2v) is 9.87. The standard InChI is InChI=1S/C24H33NO/c1-15-5-3-6-16(2)22(15)14-19-7-4-8-25(24(19)26)23-20-10-17-9-18(12-20)13-21(23)11-17/h3,5-6,17-21,23H,4,7-14H2,1-2H3. The molecule has 5 aliphatic rings. The van der Waals surface area contributed by atoms with Crippen LogP contribution in [-0.2, 0) is 11.2 Å². The quantitative estimate of drug-likeness (QED) is 0.758. The van der Waals surface area contributed by atoms with E-state index in [4.69, 9.17) is 0 Å². The molecular weight excluding hydrogens is 318 g/mol. The van der Waals surface area contributed by atoms with Gasteiger partial charge in [0, 0.05) is 18.5 Å². The van der Waals surface area contributed by atoms with Gasteiger partial charge in [-0.25, -0.2) is 0 Å². The van der Waals surface area contributed by atoms with Gasteiger partial charge in [0.15, 0.2) is 0 Å². The lowest BCUT2D eigenvalue weighted by Gasteiger charge is -2.58. The highest BCUT2D eigenvalue weighted by Gasteiger charge is 2.51. The van der Waals surface area contributed by atoms with Crippen molar-refractivity contribution in [2.45, 2.75) is 71.3 Å². The van der Waals surface area contributed by atoms with Crippen molar-refractivity contribution < 1.29 is 4.79 Å². The molecule has 26 heavy (non-hydrogen) atoms. The first-order valence-corrected chi connectivity index (χ1v) is 11.0. The van der Waals surface area contributed by atoms with E-state index in [1.54, 1.807) is 0 Å². The minimum Gasteiger partial charge on any atom is -0.339 e. The van der Waals surface area contributed by atoms with Crippen molar-refractivity contribution in [3.63, 3.8) is 0 Å². The fourth-order valence-corrected chi connectivity index (χ4v) is 7.28. The number of rotatable bonds is 3. The van der Waals surface area contributed by atoms with E-state index in [0.717, 1.165) is 43.1 Å². The Kier molecular flexibility index (Phi) is 4.14. The summed E-state index contributed by atoms with van der Waals surface area (Å²) < 4.78 is 0. The van der Waals surface area contributed by atoms with Crippen LogP contribution in [0.15, 0.2) is 18.2 Å². The SMILES string of the molecule is Cc1cccc(C)c1CC1CCCN(C2C3CC4CC(C3)CC2C4)C1=O. The fraction of sp³-hybridized carbons (Fsp3) is 0.708. The number of carbonyl (C=O) groups excluding carboxylic acids is 1. The molecule has 0 spiro atoms. The lowest BCUT2D eigenvalue weighted by atomic mass is 9.53. The van der Waals surface area contributed by atoms with Gasteiger partial charge < -0.3 is 4.90 Å². The highest BCUT2D eigenvalue weighted by atomic mass is 16.2. The van der Waals surface area contributed by atoms with Crippen molar-refractivity contribution in [3.8, 4) is 0 Å². The summed E-state index contributed by atoms with van der Waals surface area (Å²) in [5.41, 5.74) is 4.12. The molecule has 4 aliphatic carbocycles. The van der Waals surface area contributed by atoms with Crippen LogP contribution in [-0.4, -0.2) is 23.4 Å². The van der Waals surface area contributed by atoms with Crippen molar-refractivity contribution >= 4 is 5.91 Å². The third-order valence-electron chi connectivity index (χ3n) is 8.22. The lowest BCUT2D eigenvalue weighted by molar-refractivity contribution is -0.151. The third kappa shape index (κ3) is 2.72. The largest absolute Gasteiger partial charge is 0.339 e. The lowest BCUT2D eigenvalue weighted by Crippen LogP contribution is -2.59. The molecule has 4 saturated carbocycles. The molecule has 1 atom stereocenters. The number of hydrogen-bond acceptors (Lipinski definition) is 1. The van der Waals surface area contributed by atoms with Crippen LogP contribution in [0.25, 0.3) is 0 Å². The molecule has 2 heteroatoms. The van der Waals surface area contributed by atoms with E-state index >= 15 is 0 Å². The Hall–Kier alpha value is -1.31. The summed E-state index contributed by atoms with van der Waals surface area (Å²) in [5, 5.41) is 0. The summed E-state index contributed by atoms with van der Waals surface area (Å²) in [4.78, 5) is 15.9. The maximum Gasteiger partial charge on any atom is 0.226 e. The molecule has 2 nitrogen and oxygen atoms in total. The monoisotopic (exact) mass is 351 g/mol. The zero-order valence-electron chi connectivity index (χ0n) is 16.4. The smallest absolute Gasteiger partial charge is 0.226 e. The van der Waals surface area contributed by atoms with Gasteiger partial charge in [0.2, 0.25) is 5.91 Å². The molecule has 1 aromatic rings. The Morgan fingerprint density at radius 2 is 1.58 bits per heavy atom. The van der Waals surface area contributed by atoms with E-state index < -0.39 is 0 Å². The van der Waals surface area contributed by atoms with E-state index in [2.05, 4.69) is 36.9 Å². The Labute approximate surface area is 158 Å². The number of carbonyl (C=O) groups is 1. The Morgan fingerprint density at radius 3 is 2.19 bits per heavy atom. The van der Waals surface area contributed by atoms with E-state index in [0.29, 0.717) is 11.9 Å². The number of hydrogen-bond donors (Lipinski definition) is 0. The predicted molar refractivity (Wildman–Crippen MR) is 105 cm³/mol. The second-order valence-electron chi connectivity index (χ2n) is 9.87. The first-order valence-electron chi connectivity index (χ1n) is 11.0. The zero-order valence-corrected chi connectivity index (χ0v) is 16.4. The predicted octanol–water partition coefficient (Wildman–Crippen LogP) is 4.91. The normalized spacial score (nSPS) is 38.8. The first kappa shape index (κ1) is 16.8. The third-order valence-corrected chi connectivity index (χ3v) is 8.22. The molecular formula is C24H33NO. The summed E-state index contributed by atoms with van der Waals surface area (Å²) in [5.74, 6) is 4.29. The van der Waals surface area contributed by atoms with Crippen LogP contribution in [0.4, 0.5) is 0 Å². The molecule has 1 aromatic carbocycles. The summed E-state index contributed by atoms with van der Waals surface area (Å²) >= 11 is 0. The van der Waals surface area contributed by atoms with Gasteiger partial charge in [0.25, 0.3) is 0 Å². The highest BCUT2D eigenvalue weighted by Crippen LogP contribution is 2.55. The number of aryl methyl sites for hydroxylation is 2. The molecule has 1 aliphatic heterocycles. The summed E-state index contributed by atoms with van der Waals surface area (Å²) in [6, 6.07) is 7.12. The maximum absolute atomic E-state index is 13.5. The van der Waals surface area contributed by atoms with Gasteiger partial charge in [-0.15, -0.1) is 0 Å². The van der Waals surface area contributed by atoms with Crippen molar-refractivity contribution in [2.75, 3.05) is 6.54 Å². The molecule has 1 amide bonds. The van der Waals surface area contributed by atoms with Gasteiger partial charge in [0.05, 0.1) is 0 Å². The van der Waals surface area contributed by atoms with Gasteiger partial charge >= 0.3 is 0 Å². The van der Waals surface area contributed by atoms with Crippen LogP contribution in [0, 0.1) is 43.4 Å². The molecule has 0 N–H and O–H groups in total. The average molecular weight is 352 g/mol. The van der Waals surface area contributed by atoms with E-state index in [1.807, 2.05) is 0 Å². The summed E-state index contributed by atoms with van der Waals surface area (Å²) in [7, 11) is 0. The molecule has 5 fully saturated rings. The van der Waals surface area contributed by atoms with Crippen LogP contribution >= 0.6 is 0 Å². The van der Waals surface area contributed by atoms with Crippen LogP contribution in [0.5, 0.6) is 0 Å². The molecule has 140 valence electrons. The minimum absolute atomic E-state index is 0.209. The van der Waals surface area contributed by atoms with Crippen molar-refractivity contribution in [1.82, 2.24) is 4.90 Å². The highest BCUT2D eigenvalue weighted by molar-refractivity contribution is 5.80. The van der Waals surface area contributed by atoms with Crippen molar-refractivity contribution in [1.29, 1.82) is 0 Å². The molecule has 1 saturated heterocycles. The van der Waals surface area contributed by atoms with Gasteiger partial charge in [0.1, 0.15) is 0 Å². The Morgan fingerprint density at radius 1 is 0.962 bits per heavy atom. The molecule has 0 radical (unpaired) electrons. The summed E-state index contributed by atoms with van der Waals surface area (Å²) in [6.07, 6.45) is 10.3. The zero-order chi connectivity index (χ0) is 17.8. The fourth-order valence-electron chi connectivity index (χ4n) is 7.28. The van der Waals surface area contributed by atoms with Gasteiger partial charge in [-0.1, -0.05) is 18.2 Å². The second kappa shape index (κ2) is 6.39. The van der Waals surface area contributed by atoms with Crippen molar-refractivity contribution in [2.24, 2.45) is 29.6 Å². The van der Waals surface area contributed by atoms with Crippen molar-refractivity contribution in [3.05, 3.63) is 34.9 Å². The first-order chi connectivity index (χ1) is 12.6. The maximum atomic E-state index is 13.5. The minimum atomic E-state index is 0.209. The molecule has 6 rings (SSSR count). The number of nitrogens with zero attached hydrogens (tertiary/aromatic N) is 1. The Balaban J connectivity index is 1.36. The van der Waals surface area contributed by atoms with Gasteiger partial charge in [-0.05, 0) is 106 Å². The van der Waals surface area contributed by atoms with Gasteiger partial charge in [-0.2, -0.15) is 0 Å². The van der Waals surface area contributed by atoms with Gasteiger partial charge in [-0.3, -0.25) is 4.79 Å². The molecule has 1 unspecified atom stereocenters. The number of amides is 1. The average Bonchev–Trinajstić information content (AvgIpc) is 2.60. The number of benzene rings is 1.